The Morgan fingerprint density at radius 3 is 2.54 bits per heavy atom. The Morgan fingerprint density at radius 1 is 1.11 bits per heavy atom. The molecular formula is C24H28O4. The van der Waals surface area contributed by atoms with Crippen LogP contribution in [0.25, 0.3) is 0 Å². The van der Waals surface area contributed by atoms with Crippen LogP contribution in [0.15, 0.2) is 42.5 Å². The summed E-state index contributed by atoms with van der Waals surface area (Å²) in [5.74, 6) is -0.290. The van der Waals surface area contributed by atoms with Crippen molar-refractivity contribution in [1.82, 2.24) is 0 Å². The molecule has 0 spiro atoms. The summed E-state index contributed by atoms with van der Waals surface area (Å²) in [6.07, 6.45) is 5.30. The van der Waals surface area contributed by atoms with Crippen LogP contribution in [0.2, 0.25) is 0 Å². The highest BCUT2D eigenvalue weighted by atomic mass is 16.5. The van der Waals surface area contributed by atoms with E-state index in [2.05, 4.69) is 26.0 Å². The minimum atomic E-state index is -0.616. The molecule has 0 N–H and O–H groups in total. The zero-order valence-electron chi connectivity index (χ0n) is 16.8. The molecule has 0 heterocycles. The SMILES string of the molecule is C[C@@H]1C=C[C@H](C)[C@H]2[C@H](OC(=O)c3ccccc3)C3CCC(=O)CC3C(=O)[C@@]21C. The second-order valence-electron chi connectivity index (χ2n) is 8.99. The highest BCUT2D eigenvalue weighted by Crippen LogP contribution is 2.57. The molecule has 4 rings (SSSR count). The monoisotopic (exact) mass is 380 g/mol. The number of Topliss-reactive ketones (excluding diaryl/α,β-unsaturated/α-hetero) is 2. The highest BCUT2D eigenvalue weighted by Gasteiger charge is 2.62. The lowest BCUT2D eigenvalue weighted by Crippen LogP contribution is -2.62. The van der Waals surface area contributed by atoms with Crippen LogP contribution in [-0.2, 0) is 14.3 Å². The number of benzene rings is 1. The summed E-state index contributed by atoms with van der Waals surface area (Å²) in [6.45, 7) is 6.19. The van der Waals surface area contributed by atoms with E-state index in [0.29, 0.717) is 18.4 Å². The first-order valence-corrected chi connectivity index (χ1v) is 10.3. The Labute approximate surface area is 166 Å². The third kappa shape index (κ3) is 2.85. The van der Waals surface area contributed by atoms with Crippen molar-refractivity contribution in [3.63, 3.8) is 0 Å². The van der Waals surface area contributed by atoms with Gasteiger partial charge in [0.1, 0.15) is 17.7 Å². The van der Waals surface area contributed by atoms with Crippen LogP contribution in [0.1, 0.15) is 50.4 Å². The van der Waals surface area contributed by atoms with Crippen LogP contribution in [0.4, 0.5) is 0 Å². The van der Waals surface area contributed by atoms with Gasteiger partial charge in [0.2, 0.25) is 0 Å². The third-order valence-corrected chi connectivity index (χ3v) is 7.53. The summed E-state index contributed by atoms with van der Waals surface area (Å²) in [6, 6.07) is 9.02. The van der Waals surface area contributed by atoms with E-state index in [1.54, 1.807) is 12.1 Å². The molecule has 0 amide bonds. The van der Waals surface area contributed by atoms with Gasteiger partial charge in [0, 0.05) is 36.0 Å². The lowest BCUT2D eigenvalue weighted by atomic mass is 9.47. The van der Waals surface area contributed by atoms with Gasteiger partial charge in [-0.05, 0) is 30.4 Å². The van der Waals surface area contributed by atoms with E-state index in [-0.39, 0.29) is 59.7 Å². The Kier molecular flexibility index (Phi) is 4.76. The fourth-order valence-electron chi connectivity index (χ4n) is 5.84. The molecule has 3 aliphatic rings. The van der Waals surface area contributed by atoms with Crippen molar-refractivity contribution in [2.75, 3.05) is 0 Å². The molecule has 0 bridgehead atoms. The highest BCUT2D eigenvalue weighted by molar-refractivity contribution is 5.95. The molecule has 0 aliphatic heterocycles. The Bertz CT molecular complexity index is 826. The summed E-state index contributed by atoms with van der Waals surface area (Å²) in [5.41, 5.74) is -0.0919. The van der Waals surface area contributed by atoms with Crippen molar-refractivity contribution in [1.29, 1.82) is 0 Å². The topological polar surface area (TPSA) is 60.4 Å². The van der Waals surface area contributed by atoms with Gasteiger partial charge < -0.3 is 4.74 Å². The number of allylic oxidation sites excluding steroid dienone is 2. The van der Waals surface area contributed by atoms with Crippen molar-refractivity contribution in [3.8, 4) is 0 Å². The van der Waals surface area contributed by atoms with Gasteiger partial charge in [-0.1, -0.05) is 51.1 Å². The molecule has 4 heteroatoms. The molecular weight excluding hydrogens is 352 g/mol. The molecule has 0 aromatic heterocycles. The lowest BCUT2D eigenvalue weighted by molar-refractivity contribution is -0.170. The van der Waals surface area contributed by atoms with Crippen LogP contribution in [-0.4, -0.2) is 23.6 Å². The quantitative estimate of drug-likeness (QED) is 0.569. The van der Waals surface area contributed by atoms with Crippen molar-refractivity contribution in [3.05, 3.63) is 48.0 Å². The molecule has 2 fully saturated rings. The van der Waals surface area contributed by atoms with E-state index in [4.69, 9.17) is 4.74 Å². The van der Waals surface area contributed by atoms with Gasteiger partial charge in [-0.25, -0.2) is 4.79 Å². The molecule has 148 valence electrons. The van der Waals surface area contributed by atoms with E-state index >= 15 is 0 Å². The third-order valence-electron chi connectivity index (χ3n) is 7.53. The number of hydrogen-bond acceptors (Lipinski definition) is 4. The van der Waals surface area contributed by atoms with E-state index in [1.807, 2.05) is 25.1 Å². The van der Waals surface area contributed by atoms with Gasteiger partial charge >= 0.3 is 5.97 Å². The predicted molar refractivity (Wildman–Crippen MR) is 106 cm³/mol. The number of carbonyl (C=O) groups is 3. The Morgan fingerprint density at radius 2 is 1.82 bits per heavy atom. The summed E-state index contributed by atoms with van der Waals surface area (Å²) >= 11 is 0. The first kappa shape index (κ1) is 19.1. The Balaban J connectivity index is 1.75. The van der Waals surface area contributed by atoms with Crippen molar-refractivity contribution in [2.45, 2.75) is 46.1 Å². The van der Waals surface area contributed by atoms with Crippen LogP contribution in [0.3, 0.4) is 0 Å². The van der Waals surface area contributed by atoms with Crippen LogP contribution in [0, 0.1) is 35.0 Å². The molecule has 0 saturated heterocycles. The largest absolute Gasteiger partial charge is 0.458 e. The predicted octanol–water partition coefficient (Wildman–Crippen LogP) is 4.24. The maximum Gasteiger partial charge on any atom is 0.338 e. The molecule has 3 aliphatic carbocycles. The minimum Gasteiger partial charge on any atom is -0.458 e. The average molecular weight is 380 g/mol. The molecule has 28 heavy (non-hydrogen) atoms. The van der Waals surface area contributed by atoms with Crippen molar-refractivity contribution < 1.29 is 19.1 Å². The molecule has 2 unspecified atom stereocenters. The molecule has 1 aromatic carbocycles. The number of esters is 1. The number of carbonyl (C=O) groups excluding carboxylic acids is 3. The van der Waals surface area contributed by atoms with Crippen LogP contribution in [0.5, 0.6) is 0 Å². The van der Waals surface area contributed by atoms with Crippen LogP contribution >= 0.6 is 0 Å². The molecule has 2 saturated carbocycles. The van der Waals surface area contributed by atoms with Gasteiger partial charge in [-0.15, -0.1) is 0 Å². The fourth-order valence-corrected chi connectivity index (χ4v) is 5.84. The molecule has 7 atom stereocenters. The van der Waals surface area contributed by atoms with Gasteiger partial charge in [-0.2, -0.15) is 0 Å². The fraction of sp³-hybridized carbons (Fsp3) is 0.542. The maximum atomic E-state index is 13.6. The number of ether oxygens (including phenoxy) is 1. The smallest absolute Gasteiger partial charge is 0.338 e. The first-order valence-electron chi connectivity index (χ1n) is 10.3. The molecule has 0 radical (unpaired) electrons. The zero-order valence-corrected chi connectivity index (χ0v) is 16.8. The van der Waals surface area contributed by atoms with E-state index in [0.717, 1.165) is 0 Å². The van der Waals surface area contributed by atoms with Crippen LogP contribution < -0.4 is 0 Å². The molecule has 4 nitrogen and oxygen atoms in total. The second kappa shape index (κ2) is 6.98. The number of ketones is 2. The van der Waals surface area contributed by atoms with E-state index in [1.165, 1.54) is 0 Å². The number of rotatable bonds is 2. The summed E-state index contributed by atoms with van der Waals surface area (Å²) in [4.78, 5) is 38.7. The maximum absolute atomic E-state index is 13.6. The van der Waals surface area contributed by atoms with Gasteiger partial charge in [0.15, 0.2) is 0 Å². The molecule has 1 aromatic rings. The van der Waals surface area contributed by atoms with Gasteiger partial charge in [-0.3, -0.25) is 9.59 Å². The lowest BCUT2D eigenvalue weighted by Gasteiger charge is -2.57. The van der Waals surface area contributed by atoms with E-state index in [9.17, 15) is 14.4 Å². The minimum absolute atomic E-state index is 0.0529. The zero-order chi connectivity index (χ0) is 20.1. The van der Waals surface area contributed by atoms with Gasteiger partial charge in [0.25, 0.3) is 0 Å². The average Bonchev–Trinajstić information content (AvgIpc) is 2.69. The summed E-state index contributed by atoms with van der Waals surface area (Å²) in [5, 5.41) is 0. The van der Waals surface area contributed by atoms with E-state index < -0.39 is 5.41 Å². The van der Waals surface area contributed by atoms with Gasteiger partial charge in [0.05, 0.1) is 5.56 Å². The van der Waals surface area contributed by atoms with Crippen molar-refractivity contribution in [2.24, 2.45) is 35.0 Å². The summed E-state index contributed by atoms with van der Waals surface area (Å²) < 4.78 is 6.15. The number of fused-ring (bicyclic) bond motifs is 2. The first-order chi connectivity index (χ1) is 13.3. The van der Waals surface area contributed by atoms with Crippen molar-refractivity contribution >= 4 is 17.5 Å². The normalized spacial score (nSPS) is 39.8. The summed E-state index contributed by atoms with van der Waals surface area (Å²) in [7, 11) is 0. The Hall–Kier alpha value is -2.23. The number of hydrogen-bond donors (Lipinski definition) is 0. The standard InChI is InChI=1S/C24H28O4/c1-14-9-10-15(2)24(3)20(14)21(28-23(27)16-7-5-4-6-8-16)18-12-11-17(25)13-19(18)22(24)26/h4-10,14-15,18-21H,11-13H2,1-3H3/t14-,15+,18?,19?,20-,21+,24+/m0/s1. The second-order valence-corrected chi connectivity index (χ2v) is 8.99.